The maximum atomic E-state index is 12.5. The van der Waals surface area contributed by atoms with E-state index in [0.29, 0.717) is 18.2 Å². The normalized spacial score (nSPS) is 19.3. The molecule has 2 N–H and O–H groups in total. The molecule has 1 atom stereocenters. The van der Waals surface area contributed by atoms with Gasteiger partial charge in [0.25, 0.3) is 5.91 Å². The lowest BCUT2D eigenvalue weighted by Crippen LogP contribution is -2.32. The van der Waals surface area contributed by atoms with E-state index in [4.69, 9.17) is 0 Å². The summed E-state index contributed by atoms with van der Waals surface area (Å²) in [4.78, 5) is 26.6. The molecule has 2 amide bonds. The molecule has 4 rings (SSSR count). The minimum Gasteiger partial charge on any atom is -0.343 e. The van der Waals surface area contributed by atoms with Gasteiger partial charge in [-0.2, -0.15) is 5.10 Å². The molecule has 0 bridgehead atoms. The summed E-state index contributed by atoms with van der Waals surface area (Å²) in [7, 11) is 0. The van der Waals surface area contributed by atoms with Gasteiger partial charge in [0.1, 0.15) is 0 Å². The first-order valence-corrected chi connectivity index (χ1v) is 10.6. The van der Waals surface area contributed by atoms with Gasteiger partial charge >= 0.3 is 0 Å². The zero-order valence-corrected chi connectivity index (χ0v) is 16.8. The van der Waals surface area contributed by atoms with E-state index in [1.165, 1.54) is 0 Å². The number of piperidine rings is 1. The Labute approximate surface area is 171 Å². The number of rotatable bonds is 6. The van der Waals surface area contributed by atoms with E-state index < -0.39 is 0 Å². The molecule has 7 nitrogen and oxygen atoms in total. The van der Waals surface area contributed by atoms with Crippen molar-refractivity contribution in [2.24, 2.45) is 0 Å². The van der Waals surface area contributed by atoms with Crippen molar-refractivity contribution in [3.05, 3.63) is 47.8 Å². The Morgan fingerprint density at radius 2 is 1.90 bits per heavy atom. The summed E-state index contributed by atoms with van der Waals surface area (Å²) in [5.74, 6) is 0.0353. The number of amides is 2. The molecule has 3 heterocycles. The van der Waals surface area contributed by atoms with E-state index in [2.05, 4.69) is 15.7 Å². The highest BCUT2D eigenvalue weighted by atomic mass is 16.2. The van der Waals surface area contributed by atoms with Crippen LogP contribution in [0.4, 0.5) is 5.69 Å². The van der Waals surface area contributed by atoms with Gasteiger partial charge < -0.3 is 15.5 Å². The molecular formula is C22H29N5O2. The maximum absolute atomic E-state index is 12.5. The Bertz CT molecular complexity index is 833. The van der Waals surface area contributed by atoms with Gasteiger partial charge in [-0.3, -0.25) is 14.3 Å². The largest absolute Gasteiger partial charge is 0.343 e. The van der Waals surface area contributed by atoms with Crippen LogP contribution in [-0.2, 0) is 11.2 Å². The fraction of sp³-hybridized carbons (Fsp3) is 0.500. The van der Waals surface area contributed by atoms with E-state index >= 15 is 0 Å². The van der Waals surface area contributed by atoms with E-state index in [1.807, 2.05) is 40.0 Å². The van der Waals surface area contributed by atoms with E-state index in [1.54, 1.807) is 6.07 Å². The highest BCUT2D eigenvalue weighted by Crippen LogP contribution is 2.17. The van der Waals surface area contributed by atoms with Gasteiger partial charge in [-0.15, -0.1) is 0 Å². The molecule has 1 unspecified atom stereocenters. The quantitative estimate of drug-likeness (QED) is 0.788. The van der Waals surface area contributed by atoms with Crippen LogP contribution in [0.25, 0.3) is 0 Å². The van der Waals surface area contributed by atoms with E-state index in [-0.39, 0.29) is 11.8 Å². The highest BCUT2D eigenvalue weighted by molar-refractivity contribution is 6.02. The minimum atomic E-state index is -0.204. The summed E-state index contributed by atoms with van der Waals surface area (Å²) >= 11 is 0. The summed E-state index contributed by atoms with van der Waals surface area (Å²) in [6.45, 7) is 3.74. The number of benzene rings is 1. The first-order valence-electron chi connectivity index (χ1n) is 10.6. The third kappa shape index (κ3) is 5.03. The standard InChI is InChI=1S/C22H29N5O2/c28-21(26-13-1-2-14-26)10-7-17-5-8-18(9-6-17)24-22(29)20-11-15-27(25-20)19-4-3-12-23-16-19/h5-6,8-9,11,15,19,23H,1-4,7,10,12-14,16H2,(H,24,29). The SMILES string of the molecule is O=C(Nc1ccc(CCC(=O)N2CCCC2)cc1)c1ccn(C2CCCNC2)n1. The van der Waals surface area contributed by atoms with Crippen LogP contribution in [0, 0.1) is 0 Å². The van der Waals surface area contributed by atoms with Crippen LogP contribution in [-0.4, -0.2) is 52.7 Å². The topological polar surface area (TPSA) is 79.3 Å². The molecule has 0 spiro atoms. The number of nitrogens with one attached hydrogen (secondary N) is 2. The lowest BCUT2D eigenvalue weighted by molar-refractivity contribution is -0.130. The Morgan fingerprint density at radius 3 is 2.62 bits per heavy atom. The predicted octanol–water partition coefficient (Wildman–Crippen LogP) is 2.61. The molecule has 1 aromatic carbocycles. The van der Waals surface area contributed by atoms with Crippen molar-refractivity contribution in [1.29, 1.82) is 0 Å². The van der Waals surface area contributed by atoms with Gasteiger partial charge in [-0.25, -0.2) is 0 Å². The highest BCUT2D eigenvalue weighted by Gasteiger charge is 2.19. The molecule has 1 aromatic heterocycles. The summed E-state index contributed by atoms with van der Waals surface area (Å²) < 4.78 is 1.89. The molecule has 0 saturated carbocycles. The molecule has 29 heavy (non-hydrogen) atoms. The Balaban J connectivity index is 1.28. The lowest BCUT2D eigenvalue weighted by atomic mass is 10.1. The molecule has 2 aliphatic heterocycles. The second-order valence-corrected chi connectivity index (χ2v) is 7.92. The van der Waals surface area contributed by atoms with Gasteiger partial charge in [0.15, 0.2) is 5.69 Å². The third-order valence-corrected chi connectivity index (χ3v) is 5.78. The zero-order chi connectivity index (χ0) is 20.1. The van der Waals surface area contributed by atoms with Gasteiger partial charge in [-0.05, 0) is 62.4 Å². The van der Waals surface area contributed by atoms with Crippen molar-refractivity contribution in [1.82, 2.24) is 20.0 Å². The number of likely N-dealkylation sites (tertiary alicyclic amines) is 1. The second-order valence-electron chi connectivity index (χ2n) is 7.92. The lowest BCUT2D eigenvalue weighted by Gasteiger charge is -2.22. The molecule has 2 fully saturated rings. The van der Waals surface area contributed by atoms with Gasteiger partial charge in [0.05, 0.1) is 6.04 Å². The van der Waals surface area contributed by atoms with Crippen LogP contribution < -0.4 is 10.6 Å². The number of nitrogens with zero attached hydrogens (tertiary/aromatic N) is 3. The average molecular weight is 396 g/mol. The van der Waals surface area contributed by atoms with Gasteiger partial charge in [-0.1, -0.05) is 12.1 Å². The average Bonchev–Trinajstić information content (AvgIpc) is 3.46. The minimum absolute atomic E-state index is 0.204. The predicted molar refractivity (Wildman–Crippen MR) is 112 cm³/mol. The molecule has 0 aliphatic carbocycles. The third-order valence-electron chi connectivity index (χ3n) is 5.78. The van der Waals surface area contributed by atoms with Crippen molar-refractivity contribution < 1.29 is 9.59 Å². The fourth-order valence-corrected chi connectivity index (χ4v) is 4.05. The summed E-state index contributed by atoms with van der Waals surface area (Å²) in [5, 5.41) is 10.7. The number of aryl methyl sites for hydroxylation is 1. The van der Waals surface area contributed by atoms with Gasteiger partial charge in [0, 0.05) is 37.9 Å². The first-order chi connectivity index (χ1) is 14.2. The monoisotopic (exact) mass is 395 g/mol. The fourth-order valence-electron chi connectivity index (χ4n) is 4.05. The Hall–Kier alpha value is -2.67. The summed E-state index contributed by atoms with van der Waals surface area (Å²) in [5.41, 5.74) is 2.26. The smallest absolute Gasteiger partial charge is 0.276 e. The molecular weight excluding hydrogens is 366 g/mol. The van der Waals surface area contributed by atoms with Crippen LogP contribution in [0.15, 0.2) is 36.5 Å². The molecule has 2 saturated heterocycles. The van der Waals surface area contributed by atoms with Crippen LogP contribution in [0.3, 0.4) is 0 Å². The molecule has 154 valence electrons. The number of hydrogen-bond donors (Lipinski definition) is 2. The van der Waals surface area contributed by atoms with Crippen molar-refractivity contribution >= 4 is 17.5 Å². The second kappa shape index (κ2) is 9.22. The van der Waals surface area contributed by atoms with Crippen LogP contribution >= 0.6 is 0 Å². The number of anilines is 1. The van der Waals surface area contributed by atoms with Crippen molar-refractivity contribution in [2.45, 2.75) is 44.6 Å². The number of hydrogen-bond acceptors (Lipinski definition) is 4. The van der Waals surface area contributed by atoms with Crippen molar-refractivity contribution in [3.63, 3.8) is 0 Å². The number of carbonyl (C=O) groups is 2. The molecule has 2 aliphatic rings. The van der Waals surface area contributed by atoms with Crippen molar-refractivity contribution in [3.8, 4) is 0 Å². The van der Waals surface area contributed by atoms with Crippen molar-refractivity contribution in [2.75, 3.05) is 31.5 Å². The molecule has 0 radical (unpaired) electrons. The molecule has 7 heteroatoms. The maximum Gasteiger partial charge on any atom is 0.276 e. The summed E-state index contributed by atoms with van der Waals surface area (Å²) in [6, 6.07) is 9.79. The van der Waals surface area contributed by atoms with Crippen LogP contribution in [0.5, 0.6) is 0 Å². The number of carbonyl (C=O) groups excluding carboxylic acids is 2. The van der Waals surface area contributed by atoms with E-state index in [0.717, 1.165) is 69.5 Å². The Kier molecular flexibility index (Phi) is 6.24. The zero-order valence-electron chi connectivity index (χ0n) is 16.8. The van der Waals surface area contributed by atoms with Gasteiger partial charge in [0.2, 0.25) is 5.91 Å². The molecule has 2 aromatic rings. The van der Waals surface area contributed by atoms with Crippen LogP contribution in [0.2, 0.25) is 0 Å². The van der Waals surface area contributed by atoms with E-state index in [9.17, 15) is 9.59 Å². The Morgan fingerprint density at radius 1 is 1.10 bits per heavy atom. The first kappa shape index (κ1) is 19.6. The van der Waals surface area contributed by atoms with Crippen LogP contribution in [0.1, 0.15) is 54.2 Å². The summed E-state index contributed by atoms with van der Waals surface area (Å²) in [6.07, 6.45) is 7.60. The number of aromatic nitrogens is 2.